The molecule has 0 spiro atoms. The van der Waals surface area contributed by atoms with Crippen molar-refractivity contribution in [2.45, 2.75) is 44.5 Å². The largest absolute Gasteiger partial charge is 1.00 e. The Bertz CT molecular complexity index is 1750. The topological polar surface area (TPSA) is 84.8 Å². The molecule has 7 nitrogen and oxygen atoms in total. The van der Waals surface area contributed by atoms with Crippen LogP contribution < -0.4 is 43.9 Å². The summed E-state index contributed by atoms with van der Waals surface area (Å²) >= 11 is 6.18. The number of methoxy groups -OCH3 is 1. The van der Waals surface area contributed by atoms with Crippen molar-refractivity contribution in [1.29, 1.82) is 0 Å². The Morgan fingerprint density at radius 2 is 1.40 bits per heavy atom. The molecule has 1 heterocycles. The summed E-state index contributed by atoms with van der Waals surface area (Å²) < 4.78 is 135. The van der Waals surface area contributed by atoms with E-state index in [4.69, 9.17) is 26.2 Å². The number of halogens is 10. The first-order valence-electron chi connectivity index (χ1n) is 14.1. The van der Waals surface area contributed by atoms with Crippen LogP contribution in [0.25, 0.3) is 11.1 Å². The first-order chi connectivity index (χ1) is 22.8. The van der Waals surface area contributed by atoms with E-state index in [1.807, 2.05) is 0 Å². The van der Waals surface area contributed by atoms with E-state index in [0.29, 0.717) is 12.1 Å². The summed E-state index contributed by atoms with van der Waals surface area (Å²) in [7, 11) is 1.31. The maximum absolute atomic E-state index is 13.9. The molecule has 1 N–H and O–H groups in total. The van der Waals surface area contributed by atoms with E-state index in [-0.39, 0.29) is 94.2 Å². The number of carboxylic acid groups (broad SMARTS) is 1. The van der Waals surface area contributed by atoms with Gasteiger partial charge in [-0.3, -0.25) is 4.79 Å². The van der Waals surface area contributed by atoms with Gasteiger partial charge in [0.05, 0.1) is 42.8 Å². The molecule has 3 aromatic carbocycles. The number of carbonyl (C=O) groups is 1. The Hall–Kier alpha value is -3.73. The first kappa shape index (κ1) is 40.7. The van der Waals surface area contributed by atoms with E-state index in [0.717, 1.165) is 35.5 Å². The second-order valence-corrected chi connectivity index (χ2v) is 11.0. The minimum absolute atomic E-state index is 0. The van der Waals surface area contributed by atoms with Crippen LogP contribution in [-0.2, 0) is 36.4 Å². The standard InChI is InChI=1S/C32H25ClF9N3O4.Na/c1-48-27-7-5-23(33)13-26(27)25-6-4-20(30(34,35)36)11-19(25)17-45(29-43-14-24(15-44-29)49-8-2-3-28(46)47)16-18-9-21(31(37,38)39)12-22(10-18)32(40,41)42;/h4-7,9-15H,2-3,8,16-17H2,1H3,(H,46,47);/q;+1. The van der Waals surface area contributed by atoms with Gasteiger partial charge in [0, 0.05) is 30.1 Å². The third-order valence-electron chi connectivity index (χ3n) is 6.97. The van der Waals surface area contributed by atoms with Gasteiger partial charge in [0.15, 0.2) is 5.75 Å². The predicted molar refractivity (Wildman–Crippen MR) is 159 cm³/mol. The molecule has 18 heteroatoms. The van der Waals surface area contributed by atoms with Crippen molar-refractivity contribution in [3.63, 3.8) is 0 Å². The number of aromatic nitrogens is 2. The number of hydrogen-bond donors (Lipinski definition) is 1. The van der Waals surface area contributed by atoms with E-state index >= 15 is 0 Å². The quantitative estimate of drug-likeness (QED) is 0.103. The molecule has 4 aromatic rings. The van der Waals surface area contributed by atoms with Gasteiger partial charge in [0.1, 0.15) is 5.75 Å². The minimum atomic E-state index is -5.16. The first-order valence-corrected chi connectivity index (χ1v) is 14.5. The molecule has 262 valence electrons. The molecule has 0 aliphatic rings. The zero-order valence-electron chi connectivity index (χ0n) is 26.2. The molecule has 0 saturated carbocycles. The number of carboxylic acids is 1. The average Bonchev–Trinajstić information content (AvgIpc) is 3.01. The van der Waals surface area contributed by atoms with Gasteiger partial charge in [-0.2, -0.15) is 39.5 Å². The van der Waals surface area contributed by atoms with Crippen molar-refractivity contribution in [3.05, 3.63) is 99.8 Å². The minimum Gasteiger partial charge on any atom is -0.496 e. The van der Waals surface area contributed by atoms with Gasteiger partial charge in [-0.25, -0.2) is 9.97 Å². The molecule has 0 bridgehead atoms. The van der Waals surface area contributed by atoms with Gasteiger partial charge in [-0.15, -0.1) is 0 Å². The summed E-state index contributed by atoms with van der Waals surface area (Å²) in [6.45, 7) is -1.31. The van der Waals surface area contributed by atoms with Gasteiger partial charge >= 0.3 is 54.1 Å². The Morgan fingerprint density at radius 3 is 1.94 bits per heavy atom. The van der Waals surface area contributed by atoms with Crippen molar-refractivity contribution >= 4 is 23.5 Å². The number of aliphatic carboxylic acids is 1. The number of alkyl halides is 9. The summed E-state index contributed by atoms with van der Waals surface area (Å²) in [5.74, 6) is -1.08. The van der Waals surface area contributed by atoms with Crippen LogP contribution in [0.2, 0.25) is 5.02 Å². The van der Waals surface area contributed by atoms with Crippen LogP contribution in [0.15, 0.2) is 67.0 Å². The van der Waals surface area contributed by atoms with Crippen molar-refractivity contribution in [2.75, 3.05) is 18.6 Å². The maximum Gasteiger partial charge on any atom is 1.00 e. The van der Waals surface area contributed by atoms with E-state index < -0.39 is 59.8 Å². The molecule has 0 amide bonds. The summed E-state index contributed by atoms with van der Waals surface area (Å²) in [5.41, 5.74) is -4.42. The van der Waals surface area contributed by atoms with Crippen LogP contribution in [0.4, 0.5) is 45.5 Å². The molecule has 4 rings (SSSR count). The summed E-state index contributed by atoms with van der Waals surface area (Å²) in [4.78, 5) is 20.1. The van der Waals surface area contributed by atoms with Gasteiger partial charge in [0.25, 0.3) is 0 Å². The zero-order chi connectivity index (χ0) is 36.1. The smallest absolute Gasteiger partial charge is 0.496 e. The zero-order valence-corrected chi connectivity index (χ0v) is 28.9. The molecular weight excluding hydrogens is 720 g/mol. The molecule has 1 aromatic heterocycles. The SMILES string of the molecule is COc1ccc(Cl)cc1-c1ccc(C(F)(F)F)cc1CN(Cc1cc(C(F)(F)F)cc(C(F)(F)F)c1)c1ncc(OCCCC(=O)O)cn1.[Na+]. The fraction of sp³-hybridized carbons (Fsp3) is 0.281. The van der Waals surface area contributed by atoms with Crippen LogP contribution in [0.1, 0.15) is 40.7 Å². The van der Waals surface area contributed by atoms with Crippen LogP contribution in [-0.4, -0.2) is 34.8 Å². The normalized spacial score (nSPS) is 11.9. The fourth-order valence-corrected chi connectivity index (χ4v) is 4.92. The molecule has 0 saturated heterocycles. The van der Waals surface area contributed by atoms with Crippen molar-refractivity contribution in [3.8, 4) is 22.6 Å². The number of rotatable bonds is 12. The van der Waals surface area contributed by atoms with E-state index in [1.165, 1.54) is 25.3 Å². The Kier molecular flexibility index (Phi) is 13.5. The molecular formula is C32H25ClF9N3NaO4+. The second kappa shape index (κ2) is 16.5. The summed E-state index contributed by atoms with van der Waals surface area (Å²) in [6.07, 6.45) is -13.0. The van der Waals surface area contributed by atoms with Crippen LogP contribution in [0.3, 0.4) is 0 Å². The van der Waals surface area contributed by atoms with Gasteiger partial charge in [-0.1, -0.05) is 17.7 Å². The molecule has 0 aliphatic carbocycles. The van der Waals surface area contributed by atoms with Crippen molar-refractivity contribution in [2.24, 2.45) is 0 Å². The van der Waals surface area contributed by atoms with Gasteiger partial charge in [-0.05, 0) is 71.6 Å². The van der Waals surface area contributed by atoms with Crippen LogP contribution in [0, 0.1) is 0 Å². The number of hydrogen-bond acceptors (Lipinski definition) is 6. The van der Waals surface area contributed by atoms with Gasteiger partial charge < -0.3 is 19.5 Å². The summed E-state index contributed by atoms with van der Waals surface area (Å²) in [6, 6.07) is 8.05. The van der Waals surface area contributed by atoms with E-state index in [9.17, 15) is 44.3 Å². The Labute approximate surface area is 306 Å². The molecule has 0 unspecified atom stereocenters. The third kappa shape index (κ3) is 10.9. The molecule has 0 atom stereocenters. The second-order valence-electron chi connectivity index (χ2n) is 10.5. The Morgan fingerprint density at radius 1 is 0.800 bits per heavy atom. The maximum atomic E-state index is 13.9. The molecule has 0 fully saturated rings. The number of benzene rings is 3. The molecule has 0 aliphatic heterocycles. The third-order valence-corrected chi connectivity index (χ3v) is 7.20. The molecule has 0 radical (unpaired) electrons. The van der Waals surface area contributed by atoms with Crippen LogP contribution in [0.5, 0.6) is 11.5 Å². The fourth-order valence-electron chi connectivity index (χ4n) is 4.75. The van der Waals surface area contributed by atoms with Gasteiger partial charge in [0.2, 0.25) is 5.95 Å². The van der Waals surface area contributed by atoms with E-state index in [1.54, 1.807) is 0 Å². The van der Waals surface area contributed by atoms with Crippen LogP contribution >= 0.6 is 11.6 Å². The average molecular weight is 745 g/mol. The van der Waals surface area contributed by atoms with Crippen molar-refractivity contribution < 1.29 is 88.4 Å². The Balaban J connectivity index is 0.00000676. The van der Waals surface area contributed by atoms with Crippen molar-refractivity contribution in [1.82, 2.24) is 9.97 Å². The predicted octanol–water partition coefficient (Wildman–Crippen LogP) is 6.32. The summed E-state index contributed by atoms with van der Waals surface area (Å²) in [5, 5.41) is 8.98. The number of anilines is 1. The van der Waals surface area contributed by atoms with E-state index in [2.05, 4.69) is 9.97 Å². The molecule has 50 heavy (non-hydrogen) atoms. The number of ether oxygens (including phenoxy) is 2. The number of nitrogens with zero attached hydrogens (tertiary/aromatic N) is 3. The monoisotopic (exact) mass is 744 g/mol.